The Morgan fingerprint density at radius 2 is 2.16 bits per heavy atom. The molecule has 1 aromatic carbocycles. The van der Waals surface area contributed by atoms with Gasteiger partial charge in [0.05, 0.1) is 13.7 Å². The first-order valence-corrected chi connectivity index (χ1v) is 5.59. The third-order valence-electron chi connectivity index (χ3n) is 2.47. The number of aromatic carboxylic acids is 1. The number of methoxy groups -OCH3 is 1. The van der Waals surface area contributed by atoms with Crippen LogP contribution in [0.3, 0.4) is 0 Å². The molecule has 0 saturated carbocycles. The second kappa shape index (κ2) is 6.01. The van der Waals surface area contributed by atoms with Crippen LogP contribution < -0.4 is 4.74 Å². The van der Waals surface area contributed by atoms with Gasteiger partial charge in [-0.3, -0.25) is 0 Å². The Hall–Kier alpha value is -2.34. The molecule has 0 saturated heterocycles. The van der Waals surface area contributed by atoms with Gasteiger partial charge in [0, 0.05) is 11.6 Å². The largest absolute Gasteiger partial charge is 0.496 e. The van der Waals surface area contributed by atoms with Crippen LogP contribution in [0.1, 0.15) is 21.8 Å². The lowest BCUT2D eigenvalue weighted by Gasteiger charge is -2.07. The monoisotopic (exact) mass is 263 g/mol. The van der Waals surface area contributed by atoms with E-state index in [1.165, 1.54) is 6.07 Å². The zero-order chi connectivity index (χ0) is 13.7. The summed E-state index contributed by atoms with van der Waals surface area (Å²) in [5.41, 5.74) is 0.777. The summed E-state index contributed by atoms with van der Waals surface area (Å²) < 4.78 is 15.5. The van der Waals surface area contributed by atoms with Gasteiger partial charge in [0.2, 0.25) is 0 Å². The molecule has 0 bridgehead atoms. The molecule has 0 aliphatic heterocycles. The zero-order valence-corrected chi connectivity index (χ0v) is 10.3. The molecule has 2 aromatic rings. The van der Waals surface area contributed by atoms with E-state index in [2.05, 4.69) is 5.16 Å². The van der Waals surface area contributed by atoms with Crippen molar-refractivity contribution < 1.29 is 23.9 Å². The van der Waals surface area contributed by atoms with Crippen LogP contribution in [0.2, 0.25) is 0 Å². The normalized spacial score (nSPS) is 10.4. The Labute approximate surface area is 109 Å². The second-order valence-corrected chi connectivity index (χ2v) is 3.79. The molecule has 1 heterocycles. The molecule has 0 fully saturated rings. The SMILES string of the molecule is COc1ccccc1COCc1cc(C(=O)O)no1. The molecule has 6 nitrogen and oxygen atoms in total. The van der Waals surface area contributed by atoms with E-state index in [9.17, 15) is 4.79 Å². The Morgan fingerprint density at radius 1 is 1.37 bits per heavy atom. The average molecular weight is 263 g/mol. The number of benzene rings is 1. The summed E-state index contributed by atoms with van der Waals surface area (Å²) >= 11 is 0. The Morgan fingerprint density at radius 3 is 2.84 bits per heavy atom. The van der Waals surface area contributed by atoms with Crippen molar-refractivity contribution in [2.75, 3.05) is 7.11 Å². The Balaban J connectivity index is 1.90. The zero-order valence-electron chi connectivity index (χ0n) is 10.3. The summed E-state index contributed by atoms with van der Waals surface area (Å²) in [6, 6.07) is 8.83. The van der Waals surface area contributed by atoms with Crippen molar-refractivity contribution in [1.82, 2.24) is 5.16 Å². The van der Waals surface area contributed by atoms with E-state index in [0.29, 0.717) is 12.4 Å². The number of carboxylic acid groups (broad SMARTS) is 1. The predicted molar refractivity (Wildman–Crippen MR) is 64.9 cm³/mol. The minimum Gasteiger partial charge on any atom is -0.496 e. The first-order valence-electron chi connectivity index (χ1n) is 5.59. The number of carboxylic acids is 1. The standard InChI is InChI=1S/C13H13NO5/c1-17-12-5-3-2-4-9(12)7-18-8-10-6-11(13(15)16)14-19-10/h2-6H,7-8H2,1H3,(H,15,16). The number of hydrogen-bond acceptors (Lipinski definition) is 5. The summed E-state index contributed by atoms with van der Waals surface area (Å²) in [5, 5.41) is 12.1. The quantitative estimate of drug-likeness (QED) is 0.859. The number of aromatic nitrogens is 1. The van der Waals surface area contributed by atoms with Crippen LogP contribution in [0.4, 0.5) is 0 Å². The summed E-state index contributed by atoms with van der Waals surface area (Å²) in [7, 11) is 1.59. The van der Waals surface area contributed by atoms with E-state index in [4.69, 9.17) is 19.1 Å². The van der Waals surface area contributed by atoms with Crippen molar-refractivity contribution in [3.63, 3.8) is 0 Å². The van der Waals surface area contributed by atoms with Crippen LogP contribution in [0.5, 0.6) is 5.75 Å². The van der Waals surface area contributed by atoms with Crippen molar-refractivity contribution in [1.29, 1.82) is 0 Å². The van der Waals surface area contributed by atoms with E-state index in [1.54, 1.807) is 7.11 Å². The fourth-order valence-electron chi connectivity index (χ4n) is 1.57. The fourth-order valence-corrected chi connectivity index (χ4v) is 1.57. The maximum Gasteiger partial charge on any atom is 0.358 e. The molecule has 100 valence electrons. The van der Waals surface area contributed by atoms with Gasteiger partial charge in [0.15, 0.2) is 11.5 Å². The van der Waals surface area contributed by atoms with Crippen LogP contribution in [0, 0.1) is 0 Å². The van der Waals surface area contributed by atoms with Gasteiger partial charge in [-0.15, -0.1) is 0 Å². The first kappa shape index (κ1) is 13.1. The van der Waals surface area contributed by atoms with Crippen LogP contribution in [0.25, 0.3) is 0 Å². The molecule has 19 heavy (non-hydrogen) atoms. The van der Waals surface area contributed by atoms with Crippen molar-refractivity contribution >= 4 is 5.97 Å². The lowest BCUT2D eigenvalue weighted by Crippen LogP contribution is -1.97. The molecule has 1 aromatic heterocycles. The first-order chi connectivity index (χ1) is 9.20. The summed E-state index contributed by atoms with van der Waals surface area (Å²) in [6.07, 6.45) is 0. The van der Waals surface area contributed by atoms with E-state index < -0.39 is 5.97 Å². The average Bonchev–Trinajstić information content (AvgIpc) is 2.88. The molecule has 6 heteroatoms. The lowest BCUT2D eigenvalue weighted by atomic mass is 10.2. The highest BCUT2D eigenvalue weighted by atomic mass is 16.5. The number of rotatable bonds is 6. The van der Waals surface area contributed by atoms with Crippen molar-refractivity contribution in [2.24, 2.45) is 0 Å². The van der Waals surface area contributed by atoms with Gasteiger partial charge >= 0.3 is 5.97 Å². The van der Waals surface area contributed by atoms with Gasteiger partial charge in [0.25, 0.3) is 0 Å². The Kier molecular flexibility index (Phi) is 4.15. The lowest BCUT2D eigenvalue weighted by molar-refractivity contribution is 0.0683. The summed E-state index contributed by atoms with van der Waals surface area (Å²) in [5.74, 6) is -0.0154. The minimum atomic E-state index is -1.13. The summed E-state index contributed by atoms with van der Waals surface area (Å²) in [4.78, 5) is 10.6. The van der Waals surface area contributed by atoms with Gasteiger partial charge in [-0.2, -0.15) is 0 Å². The molecule has 0 spiro atoms. The molecule has 0 aliphatic carbocycles. The maximum atomic E-state index is 10.6. The molecule has 0 radical (unpaired) electrons. The second-order valence-electron chi connectivity index (χ2n) is 3.79. The van der Waals surface area contributed by atoms with Gasteiger partial charge in [-0.25, -0.2) is 4.79 Å². The molecule has 1 N–H and O–H groups in total. The van der Waals surface area contributed by atoms with Gasteiger partial charge in [-0.1, -0.05) is 23.4 Å². The molecular weight excluding hydrogens is 250 g/mol. The highest BCUT2D eigenvalue weighted by molar-refractivity contribution is 5.85. The van der Waals surface area contributed by atoms with Crippen LogP contribution in [0.15, 0.2) is 34.9 Å². The van der Waals surface area contributed by atoms with E-state index in [0.717, 1.165) is 11.3 Å². The molecule has 2 rings (SSSR count). The third kappa shape index (κ3) is 3.32. The van der Waals surface area contributed by atoms with Crippen LogP contribution in [-0.4, -0.2) is 23.3 Å². The van der Waals surface area contributed by atoms with E-state index in [-0.39, 0.29) is 12.3 Å². The van der Waals surface area contributed by atoms with Gasteiger partial charge in [-0.05, 0) is 6.07 Å². The minimum absolute atomic E-state index is 0.129. The van der Waals surface area contributed by atoms with Crippen molar-refractivity contribution in [2.45, 2.75) is 13.2 Å². The number of hydrogen-bond donors (Lipinski definition) is 1. The van der Waals surface area contributed by atoms with E-state index in [1.807, 2.05) is 24.3 Å². The maximum absolute atomic E-state index is 10.6. The number of carbonyl (C=O) groups is 1. The Bertz CT molecular complexity index is 564. The number of ether oxygens (including phenoxy) is 2. The highest BCUT2D eigenvalue weighted by Gasteiger charge is 2.10. The van der Waals surface area contributed by atoms with Crippen molar-refractivity contribution in [3.8, 4) is 5.75 Å². The van der Waals surface area contributed by atoms with Gasteiger partial charge < -0.3 is 19.1 Å². The van der Waals surface area contributed by atoms with E-state index >= 15 is 0 Å². The van der Waals surface area contributed by atoms with Gasteiger partial charge in [0.1, 0.15) is 12.4 Å². The number of nitrogens with zero attached hydrogens (tertiary/aromatic N) is 1. The number of para-hydroxylation sites is 1. The molecule has 0 atom stereocenters. The molecular formula is C13H13NO5. The fraction of sp³-hybridized carbons (Fsp3) is 0.231. The highest BCUT2D eigenvalue weighted by Crippen LogP contribution is 2.18. The topological polar surface area (TPSA) is 81.8 Å². The van der Waals surface area contributed by atoms with Crippen molar-refractivity contribution in [3.05, 3.63) is 47.3 Å². The smallest absolute Gasteiger partial charge is 0.358 e. The van der Waals surface area contributed by atoms with Crippen LogP contribution in [-0.2, 0) is 18.0 Å². The predicted octanol–water partition coefficient (Wildman–Crippen LogP) is 2.10. The van der Waals surface area contributed by atoms with Crippen LogP contribution >= 0.6 is 0 Å². The molecule has 0 unspecified atom stereocenters. The molecule has 0 aliphatic rings. The summed E-state index contributed by atoms with van der Waals surface area (Å²) in [6.45, 7) is 0.492. The third-order valence-corrected chi connectivity index (χ3v) is 2.47. The molecule has 0 amide bonds.